The van der Waals surface area contributed by atoms with Crippen LogP contribution in [0.25, 0.3) is 0 Å². The Morgan fingerprint density at radius 3 is 2.41 bits per heavy atom. The van der Waals surface area contributed by atoms with Crippen LogP contribution in [0.3, 0.4) is 0 Å². The van der Waals surface area contributed by atoms with Crippen molar-refractivity contribution in [2.45, 2.75) is 17.7 Å². The number of anilines is 1. The molecule has 0 radical (unpaired) electrons. The minimum absolute atomic E-state index is 0.0121. The van der Waals surface area contributed by atoms with Crippen molar-refractivity contribution in [2.24, 2.45) is 0 Å². The quantitative estimate of drug-likeness (QED) is 0.213. The van der Waals surface area contributed by atoms with E-state index in [-0.39, 0.29) is 30.2 Å². The van der Waals surface area contributed by atoms with Gasteiger partial charge in [-0.3, -0.25) is 19.7 Å². The van der Waals surface area contributed by atoms with Gasteiger partial charge in [0.15, 0.2) is 5.78 Å². The van der Waals surface area contributed by atoms with Gasteiger partial charge < -0.3 is 10.6 Å². The number of nitro groups is 1. The molecule has 0 saturated heterocycles. The Morgan fingerprint density at radius 2 is 1.74 bits per heavy atom. The SMILES string of the molecule is CSc1ccc(C(=O)CCC(=O)NCCNc2ccccc2[N+](=O)[O-])cc1. The van der Waals surface area contributed by atoms with E-state index in [1.807, 2.05) is 18.4 Å². The van der Waals surface area contributed by atoms with Gasteiger partial charge in [0.1, 0.15) is 5.69 Å². The van der Waals surface area contributed by atoms with E-state index >= 15 is 0 Å². The summed E-state index contributed by atoms with van der Waals surface area (Å²) >= 11 is 1.60. The number of para-hydroxylation sites is 2. The lowest BCUT2D eigenvalue weighted by molar-refractivity contribution is -0.384. The molecule has 8 heteroatoms. The van der Waals surface area contributed by atoms with Crippen LogP contribution in [0.15, 0.2) is 53.4 Å². The van der Waals surface area contributed by atoms with Gasteiger partial charge in [-0.05, 0) is 24.5 Å². The maximum absolute atomic E-state index is 12.1. The number of hydrogen-bond donors (Lipinski definition) is 2. The highest BCUT2D eigenvalue weighted by Gasteiger charge is 2.12. The predicted molar refractivity (Wildman–Crippen MR) is 106 cm³/mol. The number of carbonyl (C=O) groups excluding carboxylic acids is 2. The van der Waals surface area contributed by atoms with Crippen LogP contribution in [-0.2, 0) is 4.79 Å². The fourth-order valence-corrected chi connectivity index (χ4v) is 2.83. The number of thioether (sulfide) groups is 1. The minimum Gasteiger partial charge on any atom is -0.378 e. The fraction of sp³-hybridized carbons (Fsp3) is 0.263. The lowest BCUT2D eigenvalue weighted by Crippen LogP contribution is -2.29. The summed E-state index contributed by atoms with van der Waals surface area (Å²) in [5.74, 6) is -0.302. The van der Waals surface area contributed by atoms with Crippen molar-refractivity contribution >= 4 is 34.8 Å². The zero-order valence-corrected chi connectivity index (χ0v) is 15.8. The van der Waals surface area contributed by atoms with Crippen LogP contribution in [0, 0.1) is 10.1 Å². The molecule has 1 amide bonds. The first-order valence-corrected chi connectivity index (χ1v) is 9.65. The smallest absolute Gasteiger partial charge is 0.292 e. The van der Waals surface area contributed by atoms with Crippen LogP contribution in [0.5, 0.6) is 0 Å². The van der Waals surface area contributed by atoms with E-state index in [0.29, 0.717) is 24.3 Å². The topological polar surface area (TPSA) is 101 Å². The summed E-state index contributed by atoms with van der Waals surface area (Å²) in [5, 5.41) is 16.6. The van der Waals surface area contributed by atoms with Gasteiger partial charge in [0.2, 0.25) is 5.91 Å². The summed E-state index contributed by atoms with van der Waals surface area (Å²) < 4.78 is 0. The third kappa shape index (κ3) is 6.41. The van der Waals surface area contributed by atoms with Crippen LogP contribution in [0.4, 0.5) is 11.4 Å². The average molecular weight is 387 g/mol. The molecule has 0 atom stereocenters. The molecule has 0 spiro atoms. The zero-order chi connectivity index (χ0) is 19.6. The number of nitro benzene ring substituents is 1. The predicted octanol–water partition coefficient (Wildman–Crippen LogP) is 3.51. The summed E-state index contributed by atoms with van der Waals surface area (Å²) in [6, 6.07) is 13.6. The first-order valence-electron chi connectivity index (χ1n) is 8.42. The van der Waals surface area contributed by atoms with E-state index in [1.165, 1.54) is 6.07 Å². The van der Waals surface area contributed by atoms with Crippen molar-refractivity contribution in [3.63, 3.8) is 0 Å². The van der Waals surface area contributed by atoms with Gasteiger partial charge >= 0.3 is 0 Å². The summed E-state index contributed by atoms with van der Waals surface area (Å²) in [6.45, 7) is 0.655. The molecular weight excluding hydrogens is 366 g/mol. The highest BCUT2D eigenvalue weighted by Crippen LogP contribution is 2.22. The molecule has 0 aliphatic rings. The van der Waals surface area contributed by atoms with E-state index in [9.17, 15) is 19.7 Å². The van der Waals surface area contributed by atoms with E-state index < -0.39 is 4.92 Å². The fourth-order valence-electron chi connectivity index (χ4n) is 2.42. The summed E-state index contributed by atoms with van der Waals surface area (Å²) in [7, 11) is 0. The van der Waals surface area contributed by atoms with E-state index in [4.69, 9.17) is 0 Å². The number of hydrogen-bond acceptors (Lipinski definition) is 6. The number of amides is 1. The summed E-state index contributed by atoms with van der Waals surface area (Å²) in [5.41, 5.74) is 0.987. The Morgan fingerprint density at radius 1 is 1.04 bits per heavy atom. The molecule has 2 aromatic carbocycles. The standard InChI is InChI=1S/C19H21N3O4S/c1-27-15-8-6-14(7-9-15)18(23)10-11-19(24)21-13-12-20-16-4-2-3-5-17(16)22(25)26/h2-9,20H,10-13H2,1H3,(H,21,24). The second kappa shape index (κ2) is 10.3. The van der Waals surface area contributed by atoms with Crippen molar-refractivity contribution in [2.75, 3.05) is 24.7 Å². The van der Waals surface area contributed by atoms with Gasteiger partial charge in [0.05, 0.1) is 4.92 Å². The second-order valence-electron chi connectivity index (χ2n) is 5.70. The maximum Gasteiger partial charge on any atom is 0.292 e. The zero-order valence-electron chi connectivity index (χ0n) is 14.9. The third-order valence-corrected chi connectivity index (χ3v) is 4.60. The molecule has 2 N–H and O–H groups in total. The first-order chi connectivity index (χ1) is 13.0. The molecule has 2 rings (SSSR count). The Balaban J connectivity index is 1.70. The molecule has 0 unspecified atom stereocenters. The molecule has 7 nitrogen and oxygen atoms in total. The molecule has 0 aliphatic carbocycles. The Labute approximate surface area is 161 Å². The highest BCUT2D eigenvalue weighted by atomic mass is 32.2. The molecule has 0 aromatic heterocycles. The third-order valence-electron chi connectivity index (χ3n) is 3.85. The van der Waals surface area contributed by atoms with Crippen LogP contribution in [-0.4, -0.2) is 36.0 Å². The van der Waals surface area contributed by atoms with Gasteiger partial charge in [-0.1, -0.05) is 24.3 Å². The average Bonchev–Trinajstić information content (AvgIpc) is 2.69. The van der Waals surface area contributed by atoms with Crippen molar-refractivity contribution in [1.29, 1.82) is 0 Å². The second-order valence-corrected chi connectivity index (χ2v) is 6.58. The Hall–Kier alpha value is -2.87. The largest absolute Gasteiger partial charge is 0.378 e. The number of nitrogens with zero attached hydrogens (tertiary/aromatic N) is 1. The number of rotatable bonds is 10. The Bertz CT molecular complexity index is 809. The van der Waals surface area contributed by atoms with Crippen LogP contribution >= 0.6 is 11.8 Å². The van der Waals surface area contributed by atoms with Crippen LogP contribution in [0.1, 0.15) is 23.2 Å². The highest BCUT2D eigenvalue weighted by molar-refractivity contribution is 7.98. The molecule has 0 heterocycles. The molecule has 142 valence electrons. The van der Waals surface area contributed by atoms with Crippen LogP contribution in [0.2, 0.25) is 0 Å². The number of carbonyl (C=O) groups is 2. The van der Waals surface area contributed by atoms with E-state index in [0.717, 1.165) is 4.90 Å². The number of benzene rings is 2. The Kier molecular flexibility index (Phi) is 7.81. The maximum atomic E-state index is 12.1. The summed E-state index contributed by atoms with van der Waals surface area (Å²) in [4.78, 5) is 35.5. The van der Waals surface area contributed by atoms with Gasteiger partial charge in [0.25, 0.3) is 5.69 Å². The first kappa shape index (κ1) is 20.4. The molecule has 0 fully saturated rings. The lowest BCUT2D eigenvalue weighted by atomic mass is 10.1. The monoisotopic (exact) mass is 387 g/mol. The minimum atomic E-state index is -0.460. The molecular formula is C19H21N3O4S. The van der Waals surface area contributed by atoms with Gasteiger partial charge in [-0.15, -0.1) is 11.8 Å². The van der Waals surface area contributed by atoms with E-state index in [1.54, 1.807) is 42.1 Å². The van der Waals surface area contributed by atoms with Crippen molar-refractivity contribution in [3.8, 4) is 0 Å². The normalized spacial score (nSPS) is 10.3. The van der Waals surface area contributed by atoms with Crippen molar-refractivity contribution < 1.29 is 14.5 Å². The van der Waals surface area contributed by atoms with E-state index in [2.05, 4.69) is 10.6 Å². The number of nitrogens with one attached hydrogen (secondary N) is 2. The van der Waals surface area contributed by atoms with Crippen molar-refractivity contribution in [3.05, 3.63) is 64.2 Å². The number of Topliss-reactive ketones (excluding diaryl/α,β-unsaturated/α-hetero) is 1. The van der Waals surface area contributed by atoms with Crippen LogP contribution < -0.4 is 10.6 Å². The van der Waals surface area contributed by atoms with Gasteiger partial charge in [-0.2, -0.15) is 0 Å². The van der Waals surface area contributed by atoms with Gasteiger partial charge in [-0.25, -0.2) is 0 Å². The molecule has 0 saturated carbocycles. The molecule has 0 bridgehead atoms. The van der Waals surface area contributed by atoms with Gasteiger partial charge in [0, 0.05) is 42.5 Å². The molecule has 27 heavy (non-hydrogen) atoms. The molecule has 2 aromatic rings. The lowest BCUT2D eigenvalue weighted by Gasteiger charge is -2.08. The number of ketones is 1. The summed E-state index contributed by atoms with van der Waals surface area (Å²) in [6.07, 6.45) is 2.21. The molecule has 0 aliphatic heterocycles. The van der Waals surface area contributed by atoms with Crippen molar-refractivity contribution in [1.82, 2.24) is 5.32 Å².